The third-order valence-electron chi connectivity index (χ3n) is 2.85. The molecule has 0 atom stereocenters. The fourth-order valence-electron chi connectivity index (χ4n) is 1.71. The van der Waals surface area contributed by atoms with Crippen molar-refractivity contribution in [2.24, 2.45) is 10.2 Å². The van der Waals surface area contributed by atoms with E-state index in [4.69, 9.17) is 0 Å². The molecule has 0 unspecified atom stereocenters. The Labute approximate surface area is 137 Å². The molecule has 2 aromatic carbocycles. The monoisotopic (exact) mass is 326 g/mol. The van der Waals surface area contributed by atoms with E-state index in [1.165, 1.54) is 24.3 Å². The van der Waals surface area contributed by atoms with Crippen molar-refractivity contribution in [1.82, 2.24) is 10.9 Å². The normalized spacial score (nSPS) is 10.8. The Morgan fingerprint density at radius 2 is 1.12 bits per heavy atom. The summed E-state index contributed by atoms with van der Waals surface area (Å²) in [6, 6.07) is 12.1. The lowest BCUT2D eigenvalue weighted by Gasteiger charge is -2.01. The van der Waals surface area contributed by atoms with Gasteiger partial charge in [0.25, 0.3) is 11.8 Å². The van der Waals surface area contributed by atoms with Crippen molar-refractivity contribution in [1.29, 1.82) is 0 Å². The SMILES string of the molecule is O=C(N/N=C\C=N/NC(=O)c1ccccc1O)c1ccccc1O. The number of benzene rings is 2. The molecule has 4 N–H and O–H groups in total. The van der Waals surface area contributed by atoms with Crippen LogP contribution in [0.25, 0.3) is 0 Å². The minimum absolute atomic E-state index is 0.0828. The van der Waals surface area contributed by atoms with Crippen LogP contribution in [0, 0.1) is 0 Å². The van der Waals surface area contributed by atoms with Crippen LogP contribution < -0.4 is 10.9 Å². The number of phenols is 2. The molecule has 0 aliphatic carbocycles. The maximum atomic E-state index is 11.7. The Morgan fingerprint density at radius 1 is 0.750 bits per heavy atom. The van der Waals surface area contributed by atoms with Crippen molar-refractivity contribution in [3.63, 3.8) is 0 Å². The molecule has 0 radical (unpaired) electrons. The van der Waals surface area contributed by atoms with E-state index in [0.29, 0.717) is 0 Å². The van der Waals surface area contributed by atoms with Gasteiger partial charge >= 0.3 is 0 Å². The molecule has 2 rings (SSSR count). The number of amides is 2. The predicted octanol–water partition coefficient (Wildman–Crippen LogP) is 1.23. The summed E-state index contributed by atoms with van der Waals surface area (Å²) in [5, 5.41) is 26.2. The van der Waals surface area contributed by atoms with Gasteiger partial charge in [-0.3, -0.25) is 9.59 Å². The number of nitrogens with zero attached hydrogens (tertiary/aromatic N) is 2. The van der Waals surface area contributed by atoms with Crippen molar-refractivity contribution >= 4 is 24.2 Å². The van der Waals surface area contributed by atoms with E-state index in [2.05, 4.69) is 21.1 Å². The number of carbonyl (C=O) groups is 2. The highest BCUT2D eigenvalue weighted by Crippen LogP contribution is 2.15. The molecule has 8 nitrogen and oxygen atoms in total. The molecule has 0 fully saturated rings. The molecule has 0 aliphatic heterocycles. The van der Waals surface area contributed by atoms with Crippen molar-refractivity contribution in [2.45, 2.75) is 0 Å². The molecule has 0 aliphatic rings. The summed E-state index contributed by atoms with van der Waals surface area (Å²) in [4.78, 5) is 23.4. The third kappa shape index (κ3) is 4.41. The summed E-state index contributed by atoms with van der Waals surface area (Å²) in [7, 11) is 0. The molecule has 0 heterocycles. The highest BCUT2D eigenvalue weighted by atomic mass is 16.3. The Kier molecular flexibility index (Phi) is 5.62. The van der Waals surface area contributed by atoms with Gasteiger partial charge in [-0.1, -0.05) is 24.3 Å². The van der Waals surface area contributed by atoms with Crippen LogP contribution in [-0.4, -0.2) is 34.5 Å². The largest absolute Gasteiger partial charge is 0.507 e. The fourth-order valence-corrected chi connectivity index (χ4v) is 1.71. The summed E-state index contributed by atoms with van der Waals surface area (Å²) < 4.78 is 0. The molecule has 0 saturated carbocycles. The maximum absolute atomic E-state index is 11.7. The molecule has 0 saturated heterocycles. The number of hydrogen-bond acceptors (Lipinski definition) is 6. The van der Waals surface area contributed by atoms with Crippen LogP contribution in [0.15, 0.2) is 58.7 Å². The van der Waals surface area contributed by atoms with Gasteiger partial charge in [0.2, 0.25) is 0 Å². The van der Waals surface area contributed by atoms with Crippen LogP contribution >= 0.6 is 0 Å². The number of para-hydroxylation sites is 2. The first-order valence-corrected chi connectivity index (χ1v) is 6.81. The van der Waals surface area contributed by atoms with Crippen LogP contribution in [0.4, 0.5) is 0 Å². The second-order valence-electron chi connectivity index (χ2n) is 4.47. The van der Waals surface area contributed by atoms with Gasteiger partial charge in [0.1, 0.15) is 11.5 Å². The van der Waals surface area contributed by atoms with E-state index in [1.54, 1.807) is 24.3 Å². The minimum Gasteiger partial charge on any atom is -0.507 e. The minimum atomic E-state index is -0.587. The molecule has 0 aromatic heterocycles. The number of aromatic hydroxyl groups is 2. The molecular formula is C16H14N4O4. The summed E-state index contributed by atoms with van der Waals surface area (Å²) in [5.74, 6) is -1.49. The molecule has 122 valence electrons. The second-order valence-corrected chi connectivity index (χ2v) is 4.47. The maximum Gasteiger partial charge on any atom is 0.275 e. The molecule has 0 spiro atoms. The topological polar surface area (TPSA) is 123 Å². The van der Waals surface area contributed by atoms with Gasteiger partial charge in [-0.05, 0) is 24.3 Å². The van der Waals surface area contributed by atoms with Crippen LogP contribution in [-0.2, 0) is 0 Å². The van der Waals surface area contributed by atoms with Gasteiger partial charge < -0.3 is 10.2 Å². The lowest BCUT2D eigenvalue weighted by Crippen LogP contribution is -2.19. The number of rotatable bonds is 5. The second kappa shape index (κ2) is 8.08. The van der Waals surface area contributed by atoms with Crippen LogP contribution in [0.1, 0.15) is 20.7 Å². The predicted molar refractivity (Wildman–Crippen MR) is 88.1 cm³/mol. The summed E-state index contributed by atoms with van der Waals surface area (Å²) in [6.07, 6.45) is 2.28. The lowest BCUT2D eigenvalue weighted by molar-refractivity contribution is 0.0943. The smallest absolute Gasteiger partial charge is 0.275 e. The standard InChI is InChI=1S/C16H14N4O4/c21-13-7-3-1-5-11(13)15(23)19-17-9-10-18-20-16(24)12-6-2-4-8-14(12)22/h1-10,21-22H,(H,19,23)(H,20,24)/b17-9-,18-10-. The number of hydrogen-bond donors (Lipinski definition) is 4. The first-order chi connectivity index (χ1) is 11.6. The highest BCUT2D eigenvalue weighted by Gasteiger charge is 2.09. The Hall–Kier alpha value is -3.68. The molecular weight excluding hydrogens is 312 g/mol. The molecule has 8 heteroatoms. The number of hydrazone groups is 2. The third-order valence-corrected chi connectivity index (χ3v) is 2.85. The lowest BCUT2D eigenvalue weighted by atomic mass is 10.2. The summed E-state index contributed by atoms with van der Waals surface area (Å²) in [5.41, 5.74) is 4.56. The summed E-state index contributed by atoms with van der Waals surface area (Å²) >= 11 is 0. The van der Waals surface area contributed by atoms with Crippen LogP contribution in [0.3, 0.4) is 0 Å². The van der Waals surface area contributed by atoms with Crippen molar-refractivity contribution in [3.8, 4) is 11.5 Å². The van der Waals surface area contributed by atoms with Gasteiger partial charge in [0.05, 0.1) is 23.6 Å². The van der Waals surface area contributed by atoms with E-state index in [-0.39, 0.29) is 22.6 Å². The molecule has 2 aromatic rings. The zero-order valence-electron chi connectivity index (χ0n) is 12.4. The summed E-state index contributed by atoms with van der Waals surface area (Å²) in [6.45, 7) is 0. The zero-order chi connectivity index (χ0) is 17.4. The molecule has 2 amide bonds. The van der Waals surface area contributed by atoms with Gasteiger partial charge in [-0.15, -0.1) is 0 Å². The van der Waals surface area contributed by atoms with E-state index in [1.807, 2.05) is 0 Å². The fraction of sp³-hybridized carbons (Fsp3) is 0. The van der Waals surface area contributed by atoms with E-state index in [9.17, 15) is 19.8 Å². The van der Waals surface area contributed by atoms with E-state index in [0.717, 1.165) is 12.4 Å². The van der Waals surface area contributed by atoms with Crippen LogP contribution in [0.2, 0.25) is 0 Å². The average Bonchev–Trinajstić information content (AvgIpc) is 2.58. The quantitative estimate of drug-likeness (QED) is 0.487. The van der Waals surface area contributed by atoms with Gasteiger partial charge in [-0.25, -0.2) is 10.9 Å². The first kappa shape index (κ1) is 16.7. The number of phenolic OH excluding ortho intramolecular Hbond substituents is 2. The van der Waals surface area contributed by atoms with Gasteiger partial charge in [0.15, 0.2) is 0 Å². The van der Waals surface area contributed by atoms with Crippen LogP contribution in [0.5, 0.6) is 11.5 Å². The van der Waals surface area contributed by atoms with Crippen molar-refractivity contribution in [2.75, 3.05) is 0 Å². The zero-order valence-corrected chi connectivity index (χ0v) is 12.4. The van der Waals surface area contributed by atoms with Crippen molar-refractivity contribution < 1.29 is 19.8 Å². The number of nitrogens with one attached hydrogen (secondary N) is 2. The van der Waals surface area contributed by atoms with Gasteiger partial charge in [0, 0.05) is 0 Å². The Balaban J connectivity index is 1.83. The van der Waals surface area contributed by atoms with E-state index < -0.39 is 11.8 Å². The Bertz CT molecular complexity index is 735. The van der Waals surface area contributed by atoms with E-state index >= 15 is 0 Å². The number of carbonyl (C=O) groups excluding carboxylic acids is 2. The van der Waals surface area contributed by atoms with Gasteiger partial charge in [-0.2, -0.15) is 10.2 Å². The van der Waals surface area contributed by atoms with Crippen molar-refractivity contribution in [3.05, 3.63) is 59.7 Å². The first-order valence-electron chi connectivity index (χ1n) is 6.81. The Morgan fingerprint density at radius 3 is 1.50 bits per heavy atom. The average molecular weight is 326 g/mol. The molecule has 24 heavy (non-hydrogen) atoms. The highest BCUT2D eigenvalue weighted by molar-refractivity contribution is 6.16. The molecule has 0 bridgehead atoms.